The van der Waals surface area contributed by atoms with E-state index in [1.54, 1.807) is 0 Å². The van der Waals surface area contributed by atoms with Crippen molar-refractivity contribution in [3.05, 3.63) is 0 Å². The van der Waals surface area contributed by atoms with Crippen molar-refractivity contribution in [1.82, 2.24) is 9.80 Å². The number of nitrogens with two attached hydrogens (primary N) is 1. The van der Waals surface area contributed by atoms with Gasteiger partial charge in [-0.2, -0.15) is 0 Å². The summed E-state index contributed by atoms with van der Waals surface area (Å²) in [7, 11) is 0. The minimum absolute atomic E-state index is 0.0244. The van der Waals surface area contributed by atoms with E-state index in [2.05, 4.69) is 23.6 Å². The molecular formula is C16H31N3O2. The van der Waals surface area contributed by atoms with Gasteiger partial charge in [-0.1, -0.05) is 0 Å². The van der Waals surface area contributed by atoms with Crippen LogP contribution < -0.4 is 5.73 Å². The zero-order chi connectivity index (χ0) is 14.9. The van der Waals surface area contributed by atoms with Gasteiger partial charge in [-0.15, -0.1) is 0 Å². The molecule has 0 aromatic heterocycles. The molecule has 21 heavy (non-hydrogen) atoms. The monoisotopic (exact) mass is 297 g/mol. The fraction of sp³-hybridized carbons (Fsp3) is 1.00. The number of nitrogens with zero attached hydrogens (tertiary/aromatic N) is 2. The van der Waals surface area contributed by atoms with Crippen LogP contribution in [-0.4, -0.2) is 79.5 Å². The van der Waals surface area contributed by atoms with Crippen molar-refractivity contribution in [3.63, 3.8) is 0 Å². The van der Waals surface area contributed by atoms with Crippen molar-refractivity contribution in [2.75, 3.05) is 52.5 Å². The predicted octanol–water partition coefficient (Wildman–Crippen LogP) is 0.679. The van der Waals surface area contributed by atoms with E-state index in [4.69, 9.17) is 15.2 Å². The van der Waals surface area contributed by atoms with E-state index >= 15 is 0 Å². The van der Waals surface area contributed by atoms with E-state index in [1.807, 2.05) is 0 Å². The van der Waals surface area contributed by atoms with Gasteiger partial charge in [0.15, 0.2) is 0 Å². The first-order valence-corrected chi connectivity index (χ1v) is 8.46. The van der Waals surface area contributed by atoms with Crippen LogP contribution in [0.3, 0.4) is 0 Å². The van der Waals surface area contributed by atoms with Crippen LogP contribution in [0.2, 0.25) is 0 Å². The van der Waals surface area contributed by atoms with E-state index in [9.17, 15) is 0 Å². The van der Waals surface area contributed by atoms with Gasteiger partial charge in [0.1, 0.15) is 0 Å². The largest absolute Gasteiger partial charge is 0.378 e. The van der Waals surface area contributed by atoms with Crippen molar-refractivity contribution in [1.29, 1.82) is 0 Å². The molecule has 1 spiro atoms. The number of piperazine rings is 1. The summed E-state index contributed by atoms with van der Waals surface area (Å²) in [5, 5.41) is 0. The summed E-state index contributed by atoms with van der Waals surface area (Å²) in [4.78, 5) is 5.21. The molecule has 3 aliphatic rings. The molecule has 2 atom stereocenters. The lowest BCUT2D eigenvalue weighted by Gasteiger charge is -2.48. The van der Waals surface area contributed by atoms with E-state index in [0.29, 0.717) is 6.04 Å². The zero-order valence-corrected chi connectivity index (χ0v) is 13.6. The van der Waals surface area contributed by atoms with Crippen LogP contribution in [-0.2, 0) is 9.47 Å². The Morgan fingerprint density at radius 3 is 2.57 bits per heavy atom. The van der Waals surface area contributed by atoms with Gasteiger partial charge in [-0.05, 0) is 26.7 Å². The molecule has 0 bridgehead atoms. The molecule has 0 radical (unpaired) electrons. The molecule has 2 N–H and O–H groups in total. The van der Waals surface area contributed by atoms with Crippen LogP contribution in [0.15, 0.2) is 0 Å². The minimum atomic E-state index is 0.0244. The Labute approximate surface area is 128 Å². The second-order valence-corrected chi connectivity index (χ2v) is 7.52. The third kappa shape index (κ3) is 3.27. The Kier molecular flexibility index (Phi) is 4.58. The van der Waals surface area contributed by atoms with E-state index in [0.717, 1.165) is 65.4 Å². The zero-order valence-electron chi connectivity index (χ0n) is 13.6. The van der Waals surface area contributed by atoms with Gasteiger partial charge in [0.2, 0.25) is 0 Å². The maximum absolute atomic E-state index is 6.06. The molecule has 3 rings (SSSR count). The van der Waals surface area contributed by atoms with Crippen molar-refractivity contribution in [3.8, 4) is 0 Å². The topological polar surface area (TPSA) is 51.0 Å². The molecule has 3 saturated heterocycles. The molecule has 0 amide bonds. The van der Waals surface area contributed by atoms with Crippen LogP contribution in [0.1, 0.15) is 33.1 Å². The van der Waals surface area contributed by atoms with Gasteiger partial charge < -0.3 is 15.2 Å². The maximum atomic E-state index is 6.06. The quantitative estimate of drug-likeness (QED) is 0.830. The first-order chi connectivity index (χ1) is 10.0. The lowest BCUT2D eigenvalue weighted by Crippen LogP contribution is -2.60. The Morgan fingerprint density at radius 2 is 1.95 bits per heavy atom. The third-order valence-corrected chi connectivity index (χ3v) is 5.72. The summed E-state index contributed by atoms with van der Waals surface area (Å²) in [6.45, 7) is 12.4. The molecule has 2 unspecified atom stereocenters. The first kappa shape index (κ1) is 15.7. The highest BCUT2D eigenvalue weighted by Crippen LogP contribution is 2.35. The van der Waals surface area contributed by atoms with Crippen LogP contribution in [0, 0.1) is 0 Å². The van der Waals surface area contributed by atoms with Crippen molar-refractivity contribution >= 4 is 0 Å². The Bertz CT molecular complexity index is 347. The van der Waals surface area contributed by atoms with Crippen LogP contribution in [0.5, 0.6) is 0 Å². The van der Waals surface area contributed by atoms with Crippen LogP contribution >= 0.6 is 0 Å². The number of hydrogen-bond acceptors (Lipinski definition) is 5. The molecule has 0 aliphatic carbocycles. The highest BCUT2D eigenvalue weighted by Gasteiger charge is 2.43. The second kappa shape index (κ2) is 6.13. The van der Waals surface area contributed by atoms with Gasteiger partial charge in [0.05, 0.1) is 12.2 Å². The Balaban J connectivity index is 1.54. The van der Waals surface area contributed by atoms with E-state index in [1.165, 1.54) is 6.42 Å². The molecule has 0 aromatic carbocycles. The van der Waals surface area contributed by atoms with Crippen molar-refractivity contribution in [2.45, 2.75) is 50.3 Å². The smallest absolute Gasteiger partial charge is 0.0951 e. The SMILES string of the molecule is CC(C)(CN)N1CCN(C2CCOC3(CCOC3)C2)CC1. The summed E-state index contributed by atoms with van der Waals surface area (Å²) in [5.41, 5.74) is 6.06. The summed E-state index contributed by atoms with van der Waals surface area (Å²) < 4.78 is 11.6. The van der Waals surface area contributed by atoms with Gasteiger partial charge >= 0.3 is 0 Å². The van der Waals surface area contributed by atoms with E-state index < -0.39 is 0 Å². The summed E-state index contributed by atoms with van der Waals surface area (Å²) in [6, 6.07) is 0.670. The molecule has 5 heteroatoms. The average Bonchev–Trinajstić information content (AvgIpc) is 2.95. The number of rotatable bonds is 3. The summed E-state index contributed by atoms with van der Waals surface area (Å²) in [5.74, 6) is 0. The Hall–Kier alpha value is -0.200. The third-order valence-electron chi connectivity index (χ3n) is 5.72. The van der Waals surface area contributed by atoms with Crippen LogP contribution in [0.25, 0.3) is 0 Å². The van der Waals surface area contributed by atoms with Gasteiger partial charge in [0, 0.05) is 63.9 Å². The molecule has 0 aromatic rings. The normalized spacial score (nSPS) is 36.4. The number of ether oxygens (including phenoxy) is 2. The van der Waals surface area contributed by atoms with Gasteiger partial charge in [0.25, 0.3) is 0 Å². The van der Waals surface area contributed by atoms with Crippen molar-refractivity contribution < 1.29 is 9.47 Å². The fourth-order valence-electron chi connectivity index (χ4n) is 4.00. The molecule has 0 saturated carbocycles. The lowest BCUT2D eigenvalue weighted by atomic mass is 9.88. The first-order valence-electron chi connectivity index (χ1n) is 8.46. The lowest BCUT2D eigenvalue weighted by molar-refractivity contribution is -0.112. The highest BCUT2D eigenvalue weighted by molar-refractivity contribution is 4.95. The standard InChI is InChI=1S/C16H31N3O2/c1-15(2,12-17)19-7-5-18(6-8-19)14-3-9-21-16(11-14)4-10-20-13-16/h14H,3-13,17H2,1-2H3. The van der Waals surface area contributed by atoms with E-state index in [-0.39, 0.29) is 11.1 Å². The molecule has 3 fully saturated rings. The second-order valence-electron chi connectivity index (χ2n) is 7.52. The average molecular weight is 297 g/mol. The van der Waals surface area contributed by atoms with Gasteiger partial charge in [-0.25, -0.2) is 0 Å². The minimum Gasteiger partial charge on any atom is -0.378 e. The maximum Gasteiger partial charge on any atom is 0.0951 e. The summed E-state index contributed by atoms with van der Waals surface area (Å²) >= 11 is 0. The highest BCUT2D eigenvalue weighted by atomic mass is 16.6. The van der Waals surface area contributed by atoms with Gasteiger partial charge in [-0.3, -0.25) is 9.80 Å². The molecule has 3 aliphatic heterocycles. The Morgan fingerprint density at radius 1 is 1.19 bits per heavy atom. The molecule has 5 nitrogen and oxygen atoms in total. The molecule has 122 valence electrons. The summed E-state index contributed by atoms with van der Waals surface area (Å²) in [6.07, 6.45) is 3.39. The van der Waals surface area contributed by atoms with Crippen LogP contribution in [0.4, 0.5) is 0 Å². The fourth-order valence-corrected chi connectivity index (χ4v) is 4.00. The predicted molar refractivity (Wildman–Crippen MR) is 83.4 cm³/mol. The number of hydrogen-bond donors (Lipinski definition) is 1. The molecular weight excluding hydrogens is 266 g/mol. The molecule has 3 heterocycles. The van der Waals surface area contributed by atoms with Crippen molar-refractivity contribution in [2.24, 2.45) is 5.73 Å².